The topological polar surface area (TPSA) is 51.0 Å². The molecule has 4 rings (SSSR count). The minimum Gasteiger partial charge on any atom is -0.487 e. The molecule has 0 saturated carbocycles. The third-order valence-electron chi connectivity index (χ3n) is 5.33. The van der Waals surface area contributed by atoms with E-state index < -0.39 is 0 Å². The zero-order valence-corrected chi connectivity index (χ0v) is 17.3. The zero-order chi connectivity index (χ0) is 20.1. The van der Waals surface area contributed by atoms with E-state index in [0.717, 1.165) is 56.5 Å². The molecular weight excluding hydrogens is 364 g/mol. The average Bonchev–Trinajstić information content (AvgIpc) is 3.17. The van der Waals surface area contributed by atoms with E-state index in [2.05, 4.69) is 47.2 Å². The van der Waals surface area contributed by atoms with Crippen molar-refractivity contribution < 1.29 is 9.47 Å². The summed E-state index contributed by atoms with van der Waals surface area (Å²) in [6, 6.07) is 12.9. The molecule has 1 saturated heterocycles. The van der Waals surface area contributed by atoms with Crippen LogP contribution in [0.25, 0.3) is 5.65 Å². The molecule has 6 heteroatoms. The van der Waals surface area contributed by atoms with E-state index in [4.69, 9.17) is 9.47 Å². The van der Waals surface area contributed by atoms with Crippen LogP contribution in [0.2, 0.25) is 0 Å². The van der Waals surface area contributed by atoms with Crippen LogP contribution < -0.4 is 10.1 Å². The van der Waals surface area contributed by atoms with Crippen molar-refractivity contribution >= 4 is 5.65 Å². The summed E-state index contributed by atoms with van der Waals surface area (Å²) < 4.78 is 13.4. The lowest BCUT2D eigenvalue weighted by atomic mass is 10.2. The molecule has 0 amide bonds. The van der Waals surface area contributed by atoms with Crippen LogP contribution in [-0.2, 0) is 17.9 Å². The Morgan fingerprint density at radius 3 is 2.72 bits per heavy atom. The number of hydrogen-bond acceptors (Lipinski definition) is 5. The van der Waals surface area contributed by atoms with Gasteiger partial charge < -0.3 is 19.2 Å². The number of pyridine rings is 1. The van der Waals surface area contributed by atoms with Crippen molar-refractivity contribution in [2.75, 3.05) is 32.8 Å². The molecule has 6 nitrogen and oxygen atoms in total. The van der Waals surface area contributed by atoms with Crippen molar-refractivity contribution in [2.24, 2.45) is 0 Å². The van der Waals surface area contributed by atoms with E-state index in [0.29, 0.717) is 12.6 Å². The van der Waals surface area contributed by atoms with Gasteiger partial charge in [0.25, 0.3) is 0 Å². The van der Waals surface area contributed by atoms with Gasteiger partial charge in [-0.1, -0.05) is 18.2 Å². The number of nitrogens with one attached hydrogen (secondary N) is 1. The number of aryl methyl sites for hydroxylation is 1. The molecule has 1 aliphatic heterocycles. The second kappa shape index (κ2) is 9.39. The smallest absolute Gasteiger partial charge is 0.140 e. The van der Waals surface area contributed by atoms with Crippen molar-refractivity contribution in [3.8, 4) is 5.75 Å². The molecule has 29 heavy (non-hydrogen) atoms. The molecule has 1 unspecified atom stereocenters. The second-order valence-electron chi connectivity index (χ2n) is 7.78. The maximum absolute atomic E-state index is 5.93. The summed E-state index contributed by atoms with van der Waals surface area (Å²) in [7, 11) is 0. The van der Waals surface area contributed by atoms with Crippen molar-refractivity contribution in [1.29, 1.82) is 0 Å². The molecule has 3 heterocycles. The number of ether oxygens (including phenoxy) is 2. The highest BCUT2D eigenvalue weighted by atomic mass is 16.5. The van der Waals surface area contributed by atoms with Gasteiger partial charge in [-0.05, 0) is 43.2 Å². The highest BCUT2D eigenvalue weighted by Crippen LogP contribution is 2.16. The van der Waals surface area contributed by atoms with Crippen LogP contribution in [0, 0.1) is 6.92 Å². The standard InChI is InChI=1S/C23H30N4O2/c1-18-4-3-9-27-16-21(25-23(18)27)17-29-22-7-5-20(6-8-22)14-24-19(2)15-26-10-12-28-13-11-26/h3-9,16,19,24H,10-15,17H2,1-2H3. The highest BCUT2D eigenvalue weighted by molar-refractivity contribution is 5.47. The Hall–Kier alpha value is -2.41. The minimum absolute atomic E-state index is 0.447. The predicted molar refractivity (Wildman–Crippen MR) is 114 cm³/mol. The lowest BCUT2D eigenvalue weighted by Gasteiger charge is -2.29. The number of benzene rings is 1. The first-order valence-electron chi connectivity index (χ1n) is 10.4. The van der Waals surface area contributed by atoms with E-state index in [9.17, 15) is 0 Å². The first kappa shape index (κ1) is 19.9. The number of nitrogens with zero attached hydrogens (tertiary/aromatic N) is 3. The summed E-state index contributed by atoms with van der Waals surface area (Å²) in [5.41, 5.74) is 4.34. The Bertz CT molecular complexity index is 916. The summed E-state index contributed by atoms with van der Waals surface area (Å²) in [4.78, 5) is 7.12. The third-order valence-corrected chi connectivity index (χ3v) is 5.33. The molecule has 3 aromatic rings. The molecule has 1 fully saturated rings. The van der Waals surface area contributed by atoms with E-state index in [1.165, 1.54) is 11.1 Å². The van der Waals surface area contributed by atoms with Crippen LogP contribution in [0.5, 0.6) is 5.75 Å². The number of hydrogen-bond donors (Lipinski definition) is 1. The van der Waals surface area contributed by atoms with Gasteiger partial charge in [-0.2, -0.15) is 0 Å². The van der Waals surface area contributed by atoms with Gasteiger partial charge in [-0.25, -0.2) is 4.98 Å². The Morgan fingerprint density at radius 1 is 1.17 bits per heavy atom. The zero-order valence-electron chi connectivity index (χ0n) is 17.3. The summed E-state index contributed by atoms with van der Waals surface area (Å²) in [5, 5.41) is 3.61. The summed E-state index contributed by atoms with van der Waals surface area (Å²) in [6.07, 6.45) is 4.04. The van der Waals surface area contributed by atoms with Crippen molar-refractivity contribution in [2.45, 2.75) is 33.0 Å². The van der Waals surface area contributed by atoms with Crippen LogP contribution in [0.3, 0.4) is 0 Å². The maximum atomic E-state index is 5.93. The largest absolute Gasteiger partial charge is 0.487 e. The first-order valence-corrected chi connectivity index (χ1v) is 10.4. The Labute approximate surface area is 172 Å². The molecular formula is C23H30N4O2. The normalized spacial score (nSPS) is 16.2. The summed E-state index contributed by atoms with van der Waals surface area (Å²) >= 11 is 0. The first-order chi connectivity index (χ1) is 14.2. The molecule has 0 radical (unpaired) electrons. The van der Waals surface area contributed by atoms with E-state index in [-0.39, 0.29) is 0 Å². The minimum atomic E-state index is 0.447. The summed E-state index contributed by atoms with van der Waals surface area (Å²) in [6.45, 7) is 10.5. The second-order valence-corrected chi connectivity index (χ2v) is 7.78. The van der Waals surface area contributed by atoms with Crippen LogP contribution in [-0.4, -0.2) is 53.2 Å². The number of aromatic nitrogens is 2. The van der Waals surface area contributed by atoms with Crippen LogP contribution >= 0.6 is 0 Å². The predicted octanol–water partition coefficient (Wildman–Crippen LogP) is 3.03. The SMILES string of the molecule is Cc1cccn2cc(COc3ccc(CNC(C)CN4CCOCC4)cc3)nc12. The Morgan fingerprint density at radius 2 is 1.97 bits per heavy atom. The molecule has 154 valence electrons. The number of rotatable bonds is 8. The van der Waals surface area contributed by atoms with Crippen LogP contribution in [0.4, 0.5) is 0 Å². The molecule has 1 aromatic carbocycles. The fourth-order valence-electron chi connectivity index (χ4n) is 3.66. The van der Waals surface area contributed by atoms with Gasteiger partial charge >= 0.3 is 0 Å². The van der Waals surface area contributed by atoms with Crippen molar-refractivity contribution in [3.63, 3.8) is 0 Å². The van der Waals surface area contributed by atoms with Crippen molar-refractivity contribution in [1.82, 2.24) is 19.6 Å². The molecule has 0 spiro atoms. The van der Waals surface area contributed by atoms with Crippen LogP contribution in [0.15, 0.2) is 48.8 Å². The van der Waals surface area contributed by atoms with Gasteiger partial charge in [-0.15, -0.1) is 0 Å². The van der Waals surface area contributed by atoms with Crippen molar-refractivity contribution in [3.05, 3.63) is 65.6 Å². The molecule has 2 aromatic heterocycles. The van der Waals surface area contributed by atoms with Crippen LogP contribution in [0.1, 0.15) is 23.7 Å². The fourth-order valence-corrected chi connectivity index (χ4v) is 3.66. The molecule has 1 N–H and O–H groups in total. The van der Waals surface area contributed by atoms with Gasteiger partial charge in [0.1, 0.15) is 18.0 Å². The lowest BCUT2D eigenvalue weighted by Crippen LogP contribution is -2.44. The molecule has 0 aliphatic carbocycles. The molecule has 1 aliphatic rings. The average molecular weight is 395 g/mol. The van der Waals surface area contributed by atoms with E-state index >= 15 is 0 Å². The monoisotopic (exact) mass is 394 g/mol. The molecule has 0 bridgehead atoms. The Kier molecular flexibility index (Phi) is 6.44. The lowest BCUT2D eigenvalue weighted by molar-refractivity contribution is 0.0343. The van der Waals surface area contributed by atoms with Gasteiger partial charge in [0.15, 0.2) is 0 Å². The highest BCUT2D eigenvalue weighted by Gasteiger charge is 2.13. The van der Waals surface area contributed by atoms with E-state index in [1.807, 2.05) is 35.0 Å². The Balaban J connectivity index is 1.24. The molecule has 1 atom stereocenters. The van der Waals surface area contributed by atoms with Gasteiger partial charge in [-0.3, -0.25) is 4.90 Å². The quantitative estimate of drug-likeness (QED) is 0.636. The van der Waals surface area contributed by atoms with E-state index in [1.54, 1.807) is 0 Å². The van der Waals surface area contributed by atoms with Gasteiger partial charge in [0, 0.05) is 44.6 Å². The van der Waals surface area contributed by atoms with Gasteiger partial charge in [0.05, 0.1) is 18.9 Å². The third kappa shape index (κ3) is 5.35. The number of fused-ring (bicyclic) bond motifs is 1. The maximum Gasteiger partial charge on any atom is 0.140 e. The number of morpholine rings is 1. The summed E-state index contributed by atoms with van der Waals surface area (Å²) in [5.74, 6) is 0.865. The van der Waals surface area contributed by atoms with Gasteiger partial charge in [0.2, 0.25) is 0 Å². The fraction of sp³-hybridized carbons (Fsp3) is 0.435. The number of imidazole rings is 1.